The van der Waals surface area contributed by atoms with Crippen LogP contribution in [0.25, 0.3) is 0 Å². The van der Waals surface area contributed by atoms with E-state index in [1.807, 2.05) is 31.2 Å². The first-order valence-electron chi connectivity index (χ1n) is 6.41. The van der Waals surface area contributed by atoms with Crippen molar-refractivity contribution in [3.63, 3.8) is 0 Å². The van der Waals surface area contributed by atoms with Crippen molar-refractivity contribution in [2.24, 2.45) is 0 Å². The summed E-state index contributed by atoms with van der Waals surface area (Å²) in [7, 11) is 0. The Morgan fingerprint density at radius 1 is 1.14 bits per heavy atom. The van der Waals surface area contributed by atoms with Gasteiger partial charge in [-0.15, -0.1) is 0 Å². The molecule has 0 aromatic heterocycles. The summed E-state index contributed by atoms with van der Waals surface area (Å²) in [6, 6.07) is 12.1. The van der Waals surface area contributed by atoms with Crippen molar-refractivity contribution in [2.45, 2.75) is 6.92 Å². The lowest BCUT2D eigenvalue weighted by atomic mass is 10.2. The fraction of sp³-hybridized carbons (Fsp3) is 0.188. The van der Waals surface area contributed by atoms with Gasteiger partial charge in [0.15, 0.2) is 0 Å². The molecule has 0 heterocycles. The maximum atomic E-state index is 11.1. The Bertz CT molecular complexity index is 640. The molecule has 2 aromatic rings. The molecule has 0 saturated carbocycles. The summed E-state index contributed by atoms with van der Waals surface area (Å²) in [5.74, 6) is -0.0627. The Labute approximate surface area is 127 Å². The molecule has 0 aliphatic heterocycles. The highest BCUT2D eigenvalue weighted by Crippen LogP contribution is 2.23. The number of ether oxygens (including phenoxy) is 2. The van der Waals surface area contributed by atoms with Gasteiger partial charge in [0.25, 0.3) is 0 Å². The Balaban J connectivity index is 1.91. The molecule has 0 spiro atoms. The second-order valence-corrected chi connectivity index (χ2v) is 4.90. The minimum Gasteiger partial charge on any atom is -0.490 e. The quantitative estimate of drug-likeness (QED) is 0.825. The third-order valence-corrected chi connectivity index (χ3v) is 3.01. The second-order valence-electron chi connectivity index (χ2n) is 4.46. The summed E-state index contributed by atoms with van der Waals surface area (Å²) in [4.78, 5) is 11.1. The van der Waals surface area contributed by atoms with Gasteiger partial charge in [-0.2, -0.15) is 0 Å². The van der Waals surface area contributed by atoms with Crippen LogP contribution in [0.5, 0.6) is 11.5 Å². The lowest BCUT2D eigenvalue weighted by molar-refractivity contribution is 0.0691. The first kappa shape index (κ1) is 15.2. The molecule has 0 aliphatic rings. The van der Waals surface area contributed by atoms with Crippen molar-refractivity contribution < 1.29 is 19.4 Å². The topological polar surface area (TPSA) is 55.8 Å². The summed E-state index contributed by atoms with van der Waals surface area (Å²) in [6.07, 6.45) is 0. The van der Waals surface area contributed by atoms with Crippen LogP contribution >= 0.6 is 11.6 Å². The van der Waals surface area contributed by atoms with Crippen molar-refractivity contribution >= 4 is 17.6 Å². The van der Waals surface area contributed by atoms with Gasteiger partial charge in [-0.3, -0.25) is 0 Å². The Hall–Kier alpha value is -2.20. The zero-order chi connectivity index (χ0) is 15.2. The van der Waals surface area contributed by atoms with Crippen molar-refractivity contribution in [3.05, 3.63) is 58.6 Å². The van der Waals surface area contributed by atoms with E-state index < -0.39 is 5.97 Å². The van der Waals surface area contributed by atoms with E-state index in [4.69, 9.17) is 26.2 Å². The van der Waals surface area contributed by atoms with Crippen LogP contribution in [-0.4, -0.2) is 24.3 Å². The van der Waals surface area contributed by atoms with Gasteiger partial charge in [0.05, 0.1) is 0 Å². The minimum absolute atomic E-state index is 0.0787. The number of carboxylic acid groups (broad SMARTS) is 1. The fourth-order valence-electron chi connectivity index (χ4n) is 1.81. The van der Waals surface area contributed by atoms with E-state index in [0.717, 1.165) is 11.3 Å². The van der Waals surface area contributed by atoms with E-state index in [9.17, 15) is 4.79 Å². The van der Waals surface area contributed by atoms with Gasteiger partial charge in [-0.25, -0.2) is 4.79 Å². The van der Waals surface area contributed by atoms with Gasteiger partial charge in [-0.1, -0.05) is 23.7 Å². The van der Waals surface area contributed by atoms with Crippen LogP contribution in [0, 0.1) is 6.92 Å². The van der Waals surface area contributed by atoms with Gasteiger partial charge in [0.2, 0.25) is 0 Å². The summed E-state index contributed by atoms with van der Waals surface area (Å²) < 4.78 is 11.0. The standard InChI is InChI=1S/C16H15ClO4/c1-11-3-2-4-13(9-11)20-7-8-21-15-10-12(17)5-6-14(15)16(18)19/h2-6,9-10H,7-8H2,1H3,(H,18,19). The zero-order valence-electron chi connectivity index (χ0n) is 11.5. The summed E-state index contributed by atoms with van der Waals surface area (Å²) in [5.41, 5.74) is 1.19. The Morgan fingerprint density at radius 3 is 2.62 bits per heavy atom. The van der Waals surface area contributed by atoms with Crippen LogP contribution < -0.4 is 9.47 Å². The number of aromatic carboxylic acids is 1. The van der Waals surface area contributed by atoms with Crippen LogP contribution in [0.2, 0.25) is 5.02 Å². The van der Waals surface area contributed by atoms with Crippen molar-refractivity contribution in [3.8, 4) is 11.5 Å². The Morgan fingerprint density at radius 2 is 1.90 bits per heavy atom. The highest BCUT2D eigenvalue weighted by molar-refractivity contribution is 6.30. The fourth-order valence-corrected chi connectivity index (χ4v) is 1.97. The maximum absolute atomic E-state index is 11.1. The van der Waals surface area contributed by atoms with Crippen LogP contribution in [0.4, 0.5) is 0 Å². The van der Waals surface area contributed by atoms with Gasteiger partial charge < -0.3 is 14.6 Å². The van der Waals surface area contributed by atoms with Gasteiger partial charge in [0, 0.05) is 5.02 Å². The number of benzene rings is 2. The van der Waals surface area contributed by atoms with E-state index >= 15 is 0 Å². The molecule has 5 heteroatoms. The molecule has 0 atom stereocenters. The predicted octanol–water partition coefficient (Wildman–Crippen LogP) is 3.80. The minimum atomic E-state index is -1.05. The average Bonchev–Trinajstić information content (AvgIpc) is 2.43. The third-order valence-electron chi connectivity index (χ3n) is 2.77. The highest BCUT2D eigenvalue weighted by Gasteiger charge is 2.11. The third kappa shape index (κ3) is 4.39. The smallest absolute Gasteiger partial charge is 0.339 e. The van der Waals surface area contributed by atoms with Gasteiger partial charge in [-0.05, 0) is 42.8 Å². The lowest BCUT2D eigenvalue weighted by Crippen LogP contribution is -2.11. The SMILES string of the molecule is Cc1cccc(OCCOc2cc(Cl)ccc2C(=O)O)c1. The molecule has 1 N–H and O–H groups in total. The highest BCUT2D eigenvalue weighted by atomic mass is 35.5. The summed E-state index contributed by atoms with van der Waals surface area (Å²) in [6.45, 7) is 2.53. The lowest BCUT2D eigenvalue weighted by Gasteiger charge is -2.11. The second kappa shape index (κ2) is 6.99. The monoisotopic (exact) mass is 306 g/mol. The molecule has 0 aliphatic carbocycles. The maximum Gasteiger partial charge on any atom is 0.339 e. The molecule has 0 saturated heterocycles. The summed E-state index contributed by atoms with van der Waals surface area (Å²) >= 11 is 5.84. The molecule has 0 unspecified atom stereocenters. The number of hydrogen-bond acceptors (Lipinski definition) is 3. The molecule has 21 heavy (non-hydrogen) atoms. The molecular weight excluding hydrogens is 292 g/mol. The molecule has 110 valence electrons. The van der Waals surface area contributed by atoms with Crippen LogP contribution in [0.1, 0.15) is 15.9 Å². The van der Waals surface area contributed by atoms with E-state index in [-0.39, 0.29) is 17.9 Å². The number of rotatable bonds is 6. The van der Waals surface area contributed by atoms with Crippen molar-refractivity contribution in [1.29, 1.82) is 0 Å². The molecular formula is C16H15ClO4. The Kier molecular flexibility index (Phi) is 5.06. The zero-order valence-corrected chi connectivity index (χ0v) is 12.3. The number of carboxylic acids is 1. The van der Waals surface area contributed by atoms with Crippen molar-refractivity contribution in [1.82, 2.24) is 0 Å². The van der Waals surface area contributed by atoms with Crippen LogP contribution in [0.3, 0.4) is 0 Å². The summed E-state index contributed by atoms with van der Waals surface area (Å²) in [5, 5.41) is 9.49. The number of carbonyl (C=O) groups is 1. The first-order chi connectivity index (χ1) is 10.1. The number of aryl methyl sites for hydroxylation is 1. The van der Waals surface area contributed by atoms with Crippen molar-refractivity contribution in [2.75, 3.05) is 13.2 Å². The van der Waals surface area contributed by atoms with E-state index in [1.54, 1.807) is 0 Å². The molecule has 0 bridgehead atoms. The first-order valence-corrected chi connectivity index (χ1v) is 6.79. The largest absolute Gasteiger partial charge is 0.490 e. The van der Waals surface area contributed by atoms with Gasteiger partial charge in [0.1, 0.15) is 30.3 Å². The van der Waals surface area contributed by atoms with Gasteiger partial charge >= 0.3 is 5.97 Å². The molecule has 0 amide bonds. The molecule has 4 nitrogen and oxygen atoms in total. The molecule has 2 rings (SSSR count). The number of halogens is 1. The van der Waals surface area contributed by atoms with E-state index in [2.05, 4.69) is 0 Å². The van der Waals surface area contributed by atoms with Crippen LogP contribution in [0.15, 0.2) is 42.5 Å². The molecule has 2 aromatic carbocycles. The van der Waals surface area contributed by atoms with Crippen LogP contribution in [-0.2, 0) is 0 Å². The molecule has 0 fully saturated rings. The normalized spacial score (nSPS) is 10.2. The predicted molar refractivity (Wildman–Crippen MR) is 80.6 cm³/mol. The van der Waals surface area contributed by atoms with E-state index in [0.29, 0.717) is 11.6 Å². The van der Waals surface area contributed by atoms with E-state index in [1.165, 1.54) is 18.2 Å². The number of hydrogen-bond donors (Lipinski definition) is 1. The average molecular weight is 307 g/mol. The molecule has 0 radical (unpaired) electrons.